The number of para-hydroxylation sites is 1. The van der Waals surface area contributed by atoms with Crippen LogP contribution in [0.25, 0.3) is 10.8 Å². The second-order valence-electron chi connectivity index (χ2n) is 8.23. The van der Waals surface area contributed by atoms with Gasteiger partial charge in [-0.15, -0.1) is 0 Å². The van der Waals surface area contributed by atoms with Gasteiger partial charge in [-0.3, -0.25) is 4.79 Å². The second-order valence-corrected chi connectivity index (χ2v) is 8.23. The molecule has 160 valence electrons. The minimum atomic E-state index is -0.146. The van der Waals surface area contributed by atoms with Crippen molar-refractivity contribution >= 4 is 28.4 Å². The number of anilines is 1. The van der Waals surface area contributed by atoms with E-state index in [9.17, 15) is 9.59 Å². The molecule has 3 aromatic rings. The topological polar surface area (TPSA) is 52.7 Å². The van der Waals surface area contributed by atoms with E-state index in [4.69, 9.17) is 0 Å². The third-order valence-electron chi connectivity index (χ3n) is 6.06. The number of fused-ring (bicyclic) bond motifs is 1. The number of carbonyl (C=O) groups excluding carboxylic acids is 2. The number of hydrogen-bond donors (Lipinski definition) is 1. The van der Waals surface area contributed by atoms with Gasteiger partial charge in [0.05, 0.1) is 5.92 Å². The molecule has 0 spiro atoms. The number of hydrogen-bond acceptors (Lipinski definition) is 2. The lowest BCUT2D eigenvalue weighted by molar-refractivity contribution is -0.135. The minimum absolute atomic E-state index is 0.123. The lowest BCUT2D eigenvalue weighted by Gasteiger charge is -2.34. The first kappa shape index (κ1) is 20.9. The van der Waals surface area contributed by atoms with E-state index in [0.29, 0.717) is 19.6 Å². The number of urea groups is 1. The number of amides is 3. The first-order valence-electron chi connectivity index (χ1n) is 10.9. The van der Waals surface area contributed by atoms with Crippen molar-refractivity contribution in [3.05, 3.63) is 78.4 Å². The monoisotopic (exact) mass is 415 g/mol. The Morgan fingerprint density at radius 3 is 2.58 bits per heavy atom. The van der Waals surface area contributed by atoms with Crippen molar-refractivity contribution in [1.29, 1.82) is 0 Å². The van der Waals surface area contributed by atoms with Crippen LogP contribution in [-0.2, 0) is 11.2 Å². The minimum Gasteiger partial charge on any atom is -0.345 e. The molecule has 1 N–H and O–H groups in total. The van der Waals surface area contributed by atoms with Gasteiger partial charge in [-0.2, -0.15) is 0 Å². The summed E-state index contributed by atoms with van der Waals surface area (Å²) in [6, 6.07) is 24.0. The van der Waals surface area contributed by atoms with Gasteiger partial charge >= 0.3 is 6.03 Å². The maximum atomic E-state index is 13.1. The van der Waals surface area contributed by atoms with Crippen molar-refractivity contribution in [2.75, 3.05) is 32.0 Å². The summed E-state index contributed by atoms with van der Waals surface area (Å²) in [5, 5.41) is 5.39. The Balaban J connectivity index is 1.34. The van der Waals surface area contributed by atoms with Crippen molar-refractivity contribution in [3.63, 3.8) is 0 Å². The summed E-state index contributed by atoms with van der Waals surface area (Å²) in [6.07, 6.45) is 2.48. The third kappa shape index (κ3) is 5.05. The molecule has 1 heterocycles. The van der Waals surface area contributed by atoms with Crippen LogP contribution >= 0.6 is 0 Å². The van der Waals surface area contributed by atoms with Gasteiger partial charge in [0, 0.05) is 32.4 Å². The molecule has 3 aromatic carbocycles. The largest absolute Gasteiger partial charge is 0.345 e. The van der Waals surface area contributed by atoms with Gasteiger partial charge in [-0.05, 0) is 47.7 Å². The van der Waals surface area contributed by atoms with Gasteiger partial charge < -0.3 is 15.1 Å². The first-order valence-corrected chi connectivity index (χ1v) is 10.9. The van der Waals surface area contributed by atoms with Crippen LogP contribution in [0.15, 0.2) is 72.8 Å². The molecule has 5 heteroatoms. The van der Waals surface area contributed by atoms with Crippen molar-refractivity contribution in [2.45, 2.75) is 19.3 Å². The fraction of sp³-hybridized carbons (Fsp3) is 0.308. The smallest absolute Gasteiger partial charge is 0.321 e. The quantitative estimate of drug-likeness (QED) is 0.652. The zero-order chi connectivity index (χ0) is 21.6. The molecule has 0 aliphatic carbocycles. The highest BCUT2D eigenvalue weighted by Crippen LogP contribution is 2.22. The summed E-state index contributed by atoms with van der Waals surface area (Å²) in [7, 11) is 1.87. The summed E-state index contributed by atoms with van der Waals surface area (Å²) in [5.74, 6) is -0.0229. The molecular weight excluding hydrogens is 386 g/mol. The highest BCUT2D eigenvalue weighted by Gasteiger charge is 2.30. The van der Waals surface area contributed by atoms with Gasteiger partial charge in [0.15, 0.2) is 0 Å². The number of likely N-dealkylation sites (N-methyl/N-ethyl adjacent to an activating group) is 1. The number of rotatable bonds is 5. The Labute approximate surface area is 183 Å². The van der Waals surface area contributed by atoms with E-state index < -0.39 is 0 Å². The maximum Gasteiger partial charge on any atom is 0.321 e. The molecule has 1 aliphatic rings. The van der Waals surface area contributed by atoms with Crippen LogP contribution in [0, 0.1) is 5.92 Å². The Bertz CT molecular complexity index is 1050. The second kappa shape index (κ2) is 9.65. The van der Waals surface area contributed by atoms with E-state index in [1.165, 1.54) is 16.3 Å². The molecule has 5 nitrogen and oxygen atoms in total. The Morgan fingerprint density at radius 2 is 1.74 bits per heavy atom. The summed E-state index contributed by atoms with van der Waals surface area (Å²) in [4.78, 5) is 29.3. The molecule has 0 radical (unpaired) electrons. The fourth-order valence-corrected chi connectivity index (χ4v) is 4.31. The standard InChI is InChI=1S/C26H29N3O2/c1-28(18-16-21-11-7-10-20-9-5-6-15-24(20)21)25(30)22-12-8-17-29(19-22)26(31)27-23-13-3-2-4-14-23/h2-7,9-11,13-15,22H,8,12,16-19H2,1H3,(H,27,31). The van der Waals surface area contributed by atoms with Gasteiger partial charge in [0.2, 0.25) is 5.91 Å². The van der Waals surface area contributed by atoms with Crippen LogP contribution in [0.1, 0.15) is 18.4 Å². The molecule has 1 unspecified atom stereocenters. The van der Waals surface area contributed by atoms with Gasteiger partial charge in [0.1, 0.15) is 0 Å². The van der Waals surface area contributed by atoms with Crippen molar-refractivity contribution in [2.24, 2.45) is 5.92 Å². The molecule has 1 atom stereocenters. The number of piperidine rings is 1. The Hall–Kier alpha value is -3.34. The molecule has 1 fully saturated rings. The predicted octanol–water partition coefficient (Wildman–Crippen LogP) is 4.78. The zero-order valence-electron chi connectivity index (χ0n) is 18.0. The van der Waals surface area contributed by atoms with E-state index in [0.717, 1.165) is 24.9 Å². The SMILES string of the molecule is CN(CCc1cccc2ccccc12)C(=O)C1CCCN(C(=O)Nc2ccccc2)C1. The summed E-state index contributed by atoms with van der Waals surface area (Å²) < 4.78 is 0. The molecule has 0 aromatic heterocycles. The number of nitrogens with one attached hydrogen (secondary N) is 1. The average Bonchev–Trinajstić information content (AvgIpc) is 2.82. The number of carbonyl (C=O) groups is 2. The van der Waals surface area contributed by atoms with E-state index in [-0.39, 0.29) is 17.9 Å². The molecule has 31 heavy (non-hydrogen) atoms. The van der Waals surface area contributed by atoms with Gasteiger partial charge in [-0.1, -0.05) is 60.7 Å². The molecule has 3 amide bonds. The molecule has 4 rings (SSSR count). The maximum absolute atomic E-state index is 13.1. The molecule has 0 bridgehead atoms. The van der Waals surface area contributed by atoms with Crippen LogP contribution in [0.5, 0.6) is 0 Å². The van der Waals surface area contributed by atoms with E-state index in [1.54, 1.807) is 4.90 Å². The van der Waals surface area contributed by atoms with Crippen molar-refractivity contribution in [1.82, 2.24) is 9.80 Å². The fourth-order valence-electron chi connectivity index (χ4n) is 4.31. The van der Waals surface area contributed by atoms with Crippen LogP contribution in [0.4, 0.5) is 10.5 Å². The lowest BCUT2D eigenvalue weighted by Crippen LogP contribution is -2.47. The van der Waals surface area contributed by atoms with Gasteiger partial charge in [0.25, 0.3) is 0 Å². The van der Waals surface area contributed by atoms with Crippen LogP contribution in [0.2, 0.25) is 0 Å². The third-order valence-corrected chi connectivity index (χ3v) is 6.06. The van der Waals surface area contributed by atoms with E-state index in [1.807, 2.05) is 48.3 Å². The number of benzene rings is 3. The summed E-state index contributed by atoms with van der Waals surface area (Å²) >= 11 is 0. The summed E-state index contributed by atoms with van der Waals surface area (Å²) in [6.45, 7) is 1.82. The highest BCUT2D eigenvalue weighted by molar-refractivity contribution is 5.90. The Morgan fingerprint density at radius 1 is 1.00 bits per heavy atom. The molecule has 0 saturated carbocycles. The highest BCUT2D eigenvalue weighted by atomic mass is 16.2. The number of likely N-dealkylation sites (tertiary alicyclic amines) is 1. The van der Waals surface area contributed by atoms with Crippen LogP contribution in [0.3, 0.4) is 0 Å². The van der Waals surface area contributed by atoms with Crippen LogP contribution < -0.4 is 5.32 Å². The van der Waals surface area contributed by atoms with Crippen LogP contribution in [-0.4, -0.2) is 48.4 Å². The molecular formula is C26H29N3O2. The lowest BCUT2D eigenvalue weighted by atomic mass is 9.96. The summed E-state index contributed by atoms with van der Waals surface area (Å²) in [5.41, 5.74) is 2.03. The van der Waals surface area contributed by atoms with E-state index >= 15 is 0 Å². The molecule has 1 aliphatic heterocycles. The average molecular weight is 416 g/mol. The predicted molar refractivity (Wildman–Crippen MR) is 125 cm³/mol. The van der Waals surface area contributed by atoms with Crippen molar-refractivity contribution < 1.29 is 9.59 Å². The number of nitrogens with zero attached hydrogens (tertiary/aromatic N) is 2. The normalized spacial score (nSPS) is 16.2. The van der Waals surface area contributed by atoms with Gasteiger partial charge in [-0.25, -0.2) is 4.79 Å². The molecule has 1 saturated heterocycles. The Kier molecular flexibility index (Phi) is 6.51. The zero-order valence-corrected chi connectivity index (χ0v) is 18.0. The first-order chi connectivity index (χ1) is 15.1. The van der Waals surface area contributed by atoms with E-state index in [2.05, 4.69) is 41.7 Å². The van der Waals surface area contributed by atoms with Crippen molar-refractivity contribution in [3.8, 4) is 0 Å².